The molecule has 4 rings (SSSR count). The Hall–Kier alpha value is -1.60. The summed E-state index contributed by atoms with van der Waals surface area (Å²) in [5, 5.41) is 0. The van der Waals surface area contributed by atoms with Crippen molar-refractivity contribution >= 4 is 0 Å². The van der Waals surface area contributed by atoms with Crippen LogP contribution < -0.4 is 0 Å². The van der Waals surface area contributed by atoms with Crippen molar-refractivity contribution in [1.29, 1.82) is 0 Å². The standard InChI is InChI=1S/C19H21N/c1-14-7-6-12-20(13-14)19-17-10-4-2-8-15(17)16-9-3-5-11-18(16)19/h2-5,8-11,14,19H,6-7,12-13H2,1H3. The number of fused-ring (bicyclic) bond motifs is 3. The minimum Gasteiger partial charge on any atom is -0.292 e. The summed E-state index contributed by atoms with van der Waals surface area (Å²) in [5.41, 5.74) is 5.88. The Bertz CT molecular complexity index is 586. The van der Waals surface area contributed by atoms with E-state index < -0.39 is 0 Å². The van der Waals surface area contributed by atoms with Crippen LogP contribution in [0.1, 0.15) is 36.9 Å². The van der Waals surface area contributed by atoms with Crippen molar-refractivity contribution in [3.05, 3.63) is 59.7 Å². The lowest BCUT2D eigenvalue weighted by Gasteiger charge is -2.36. The number of piperidine rings is 1. The SMILES string of the molecule is CC1CCCN(C2c3ccccc3-c3ccccc32)C1. The summed E-state index contributed by atoms with van der Waals surface area (Å²) in [5.74, 6) is 0.823. The smallest absolute Gasteiger partial charge is 0.0614 e. The summed E-state index contributed by atoms with van der Waals surface area (Å²) < 4.78 is 0. The van der Waals surface area contributed by atoms with Crippen LogP contribution in [0.4, 0.5) is 0 Å². The molecule has 2 aromatic carbocycles. The van der Waals surface area contributed by atoms with Crippen LogP contribution in [0.15, 0.2) is 48.5 Å². The van der Waals surface area contributed by atoms with Gasteiger partial charge in [-0.1, -0.05) is 55.5 Å². The normalized spacial score (nSPS) is 22.6. The third-order valence-electron chi connectivity index (χ3n) is 4.85. The summed E-state index contributed by atoms with van der Waals surface area (Å²) in [6, 6.07) is 18.4. The highest BCUT2D eigenvalue weighted by atomic mass is 15.2. The van der Waals surface area contributed by atoms with Crippen LogP contribution in [-0.4, -0.2) is 18.0 Å². The molecule has 102 valence electrons. The molecule has 0 bridgehead atoms. The van der Waals surface area contributed by atoms with E-state index >= 15 is 0 Å². The van der Waals surface area contributed by atoms with E-state index in [2.05, 4.69) is 60.4 Å². The first-order valence-corrected chi connectivity index (χ1v) is 7.77. The summed E-state index contributed by atoms with van der Waals surface area (Å²) in [6.07, 6.45) is 2.72. The van der Waals surface area contributed by atoms with Crippen molar-refractivity contribution < 1.29 is 0 Å². The number of likely N-dealkylation sites (tertiary alicyclic amines) is 1. The number of benzene rings is 2. The van der Waals surface area contributed by atoms with Crippen LogP contribution in [0, 0.1) is 5.92 Å². The zero-order chi connectivity index (χ0) is 13.5. The number of nitrogens with zero attached hydrogens (tertiary/aromatic N) is 1. The molecule has 1 aliphatic carbocycles. The monoisotopic (exact) mass is 263 g/mol. The summed E-state index contributed by atoms with van der Waals surface area (Å²) >= 11 is 0. The number of hydrogen-bond donors (Lipinski definition) is 0. The van der Waals surface area contributed by atoms with Gasteiger partial charge in [-0.3, -0.25) is 4.90 Å². The van der Waals surface area contributed by atoms with Crippen molar-refractivity contribution in [2.45, 2.75) is 25.8 Å². The van der Waals surface area contributed by atoms with Gasteiger partial charge in [-0.15, -0.1) is 0 Å². The van der Waals surface area contributed by atoms with Gasteiger partial charge in [0.2, 0.25) is 0 Å². The third-order valence-corrected chi connectivity index (χ3v) is 4.85. The van der Waals surface area contributed by atoms with Gasteiger partial charge in [-0.25, -0.2) is 0 Å². The van der Waals surface area contributed by atoms with Crippen molar-refractivity contribution in [1.82, 2.24) is 4.90 Å². The molecule has 1 atom stereocenters. The maximum Gasteiger partial charge on any atom is 0.0614 e. The highest BCUT2D eigenvalue weighted by Crippen LogP contribution is 2.46. The van der Waals surface area contributed by atoms with E-state index in [1.807, 2.05) is 0 Å². The molecular weight excluding hydrogens is 242 g/mol. The average molecular weight is 263 g/mol. The molecule has 2 aromatic rings. The lowest BCUT2D eigenvalue weighted by Crippen LogP contribution is -2.37. The van der Waals surface area contributed by atoms with E-state index in [4.69, 9.17) is 0 Å². The lowest BCUT2D eigenvalue weighted by atomic mass is 9.95. The minimum atomic E-state index is 0.477. The van der Waals surface area contributed by atoms with Gasteiger partial charge in [0.05, 0.1) is 6.04 Å². The van der Waals surface area contributed by atoms with Crippen LogP contribution in [0.3, 0.4) is 0 Å². The van der Waals surface area contributed by atoms with Gasteiger partial charge in [0.15, 0.2) is 0 Å². The molecule has 0 N–H and O–H groups in total. The number of hydrogen-bond acceptors (Lipinski definition) is 1. The van der Waals surface area contributed by atoms with E-state index in [-0.39, 0.29) is 0 Å². The van der Waals surface area contributed by atoms with Gasteiger partial charge in [-0.05, 0) is 47.6 Å². The molecule has 20 heavy (non-hydrogen) atoms. The quantitative estimate of drug-likeness (QED) is 0.733. The lowest BCUT2D eigenvalue weighted by molar-refractivity contribution is 0.151. The topological polar surface area (TPSA) is 3.24 Å². The van der Waals surface area contributed by atoms with Gasteiger partial charge < -0.3 is 0 Å². The highest BCUT2D eigenvalue weighted by Gasteiger charge is 2.33. The Morgan fingerprint density at radius 2 is 1.50 bits per heavy atom. The Kier molecular flexibility index (Phi) is 2.89. The predicted molar refractivity (Wildman–Crippen MR) is 83.7 cm³/mol. The van der Waals surface area contributed by atoms with Gasteiger partial charge in [0, 0.05) is 6.54 Å². The molecule has 1 saturated heterocycles. The van der Waals surface area contributed by atoms with Gasteiger partial charge in [0.25, 0.3) is 0 Å². The van der Waals surface area contributed by atoms with Crippen molar-refractivity contribution in [2.24, 2.45) is 5.92 Å². The molecule has 1 heteroatoms. The maximum absolute atomic E-state index is 2.69. The molecule has 2 aliphatic rings. The Labute approximate surface area is 121 Å². The molecule has 0 saturated carbocycles. The molecule has 0 radical (unpaired) electrons. The van der Waals surface area contributed by atoms with Crippen molar-refractivity contribution in [2.75, 3.05) is 13.1 Å². The second-order valence-electron chi connectivity index (χ2n) is 6.32. The van der Waals surface area contributed by atoms with Crippen LogP contribution in [-0.2, 0) is 0 Å². The average Bonchev–Trinajstić information content (AvgIpc) is 2.82. The van der Waals surface area contributed by atoms with Crippen LogP contribution in [0.25, 0.3) is 11.1 Å². The third kappa shape index (κ3) is 1.81. The van der Waals surface area contributed by atoms with E-state index in [1.54, 1.807) is 0 Å². The summed E-state index contributed by atoms with van der Waals surface area (Å²) in [6.45, 7) is 4.85. The van der Waals surface area contributed by atoms with Crippen molar-refractivity contribution in [3.8, 4) is 11.1 Å². The van der Waals surface area contributed by atoms with Crippen LogP contribution >= 0.6 is 0 Å². The van der Waals surface area contributed by atoms with Crippen LogP contribution in [0.5, 0.6) is 0 Å². The molecule has 1 fully saturated rings. The fourth-order valence-electron chi connectivity index (χ4n) is 3.98. The molecule has 0 spiro atoms. The number of rotatable bonds is 1. The fraction of sp³-hybridized carbons (Fsp3) is 0.368. The first-order chi connectivity index (χ1) is 9.84. The second-order valence-corrected chi connectivity index (χ2v) is 6.32. The molecule has 1 unspecified atom stereocenters. The van der Waals surface area contributed by atoms with E-state index in [9.17, 15) is 0 Å². The fourth-order valence-corrected chi connectivity index (χ4v) is 3.98. The zero-order valence-electron chi connectivity index (χ0n) is 12.0. The Morgan fingerprint density at radius 3 is 2.10 bits per heavy atom. The molecule has 1 heterocycles. The van der Waals surface area contributed by atoms with E-state index in [0.717, 1.165) is 5.92 Å². The first-order valence-electron chi connectivity index (χ1n) is 7.77. The van der Waals surface area contributed by atoms with Crippen LogP contribution in [0.2, 0.25) is 0 Å². The zero-order valence-corrected chi connectivity index (χ0v) is 12.0. The van der Waals surface area contributed by atoms with Gasteiger partial charge >= 0.3 is 0 Å². The van der Waals surface area contributed by atoms with E-state index in [1.165, 1.54) is 48.2 Å². The molecule has 1 nitrogen and oxygen atoms in total. The summed E-state index contributed by atoms with van der Waals surface area (Å²) in [7, 11) is 0. The van der Waals surface area contributed by atoms with Crippen molar-refractivity contribution in [3.63, 3.8) is 0 Å². The largest absolute Gasteiger partial charge is 0.292 e. The minimum absolute atomic E-state index is 0.477. The predicted octanol–water partition coefficient (Wildman–Crippen LogP) is 4.49. The molecule has 0 amide bonds. The molecule has 1 aliphatic heterocycles. The highest BCUT2D eigenvalue weighted by molar-refractivity contribution is 5.78. The molecular formula is C19H21N. The Balaban J connectivity index is 1.83. The maximum atomic E-state index is 2.69. The Morgan fingerprint density at radius 1 is 0.900 bits per heavy atom. The molecule has 0 aromatic heterocycles. The summed E-state index contributed by atoms with van der Waals surface area (Å²) in [4.78, 5) is 2.69. The first kappa shape index (κ1) is 12.2. The van der Waals surface area contributed by atoms with E-state index in [0.29, 0.717) is 6.04 Å². The van der Waals surface area contributed by atoms with Gasteiger partial charge in [-0.2, -0.15) is 0 Å². The van der Waals surface area contributed by atoms with Gasteiger partial charge in [0.1, 0.15) is 0 Å². The second kappa shape index (κ2) is 4.75.